The summed E-state index contributed by atoms with van der Waals surface area (Å²) in [5, 5.41) is 6.19. The molecule has 4 heteroatoms. The summed E-state index contributed by atoms with van der Waals surface area (Å²) in [4.78, 5) is 8.84. The van der Waals surface area contributed by atoms with Gasteiger partial charge < -0.3 is 15.2 Å². The van der Waals surface area contributed by atoms with Gasteiger partial charge in [0.2, 0.25) is 11.0 Å². The van der Waals surface area contributed by atoms with Gasteiger partial charge in [0, 0.05) is 6.07 Å². The molecule has 0 spiro atoms. The lowest BCUT2D eigenvalue weighted by atomic mass is 10.1. The fourth-order valence-corrected chi connectivity index (χ4v) is 3.69. The Morgan fingerprint density at radius 2 is 1.68 bits per heavy atom. The summed E-state index contributed by atoms with van der Waals surface area (Å²) in [6.45, 7) is 8.94. The summed E-state index contributed by atoms with van der Waals surface area (Å²) < 4.78 is 0. The van der Waals surface area contributed by atoms with Crippen LogP contribution >= 0.6 is 0 Å². The van der Waals surface area contributed by atoms with Gasteiger partial charge in [0.15, 0.2) is 0 Å². The minimum absolute atomic E-state index is 0.968. The molecule has 4 rings (SSSR count). The van der Waals surface area contributed by atoms with E-state index in [0.29, 0.717) is 0 Å². The lowest BCUT2D eigenvalue weighted by Gasteiger charge is -2.16. The topological polar surface area (TPSA) is 46.4 Å². The average Bonchev–Trinajstić information content (AvgIpc) is 3.03. The molecule has 0 radical (unpaired) electrons. The van der Waals surface area contributed by atoms with Gasteiger partial charge in [-0.05, 0) is 32.0 Å². The smallest absolute Gasteiger partial charge is 0.239 e. The number of aromatic nitrogens is 2. The number of nitrogens with one attached hydrogen (secondary N) is 4. The van der Waals surface area contributed by atoms with E-state index in [1.807, 2.05) is 0 Å². The molecule has 2 heterocycles. The molecule has 0 aliphatic heterocycles. The van der Waals surface area contributed by atoms with Crippen LogP contribution in [-0.2, 0) is 0 Å². The summed E-state index contributed by atoms with van der Waals surface area (Å²) in [5.74, 6) is 0. The van der Waals surface area contributed by atoms with Crippen LogP contribution in [0, 0.1) is 0 Å². The molecule has 0 unspecified atom stereocenters. The molecule has 0 bridgehead atoms. The lowest BCUT2D eigenvalue weighted by molar-refractivity contribution is -0.894. The maximum absolute atomic E-state index is 3.72. The minimum atomic E-state index is 0.968. The molecule has 0 aliphatic rings. The zero-order valence-electron chi connectivity index (χ0n) is 14.9. The van der Waals surface area contributed by atoms with Crippen molar-refractivity contribution in [2.24, 2.45) is 0 Å². The summed E-state index contributed by atoms with van der Waals surface area (Å²) in [7, 11) is 0. The number of benzene rings is 2. The van der Waals surface area contributed by atoms with Crippen molar-refractivity contribution in [3.05, 3.63) is 48.5 Å². The van der Waals surface area contributed by atoms with Gasteiger partial charge in [0.1, 0.15) is 5.52 Å². The van der Waals surface area contributed by atoms with E-state index < -0.39 is 0 Å². The number of rotatable bonds is 6. The molecule has 25 heavy (non-hydrogen) atoms. The first-order valence-corrected chi connectivity index (χ1v) is 9.23. The molecule has 4 N–H and O–H groups in total. The minimum Gasteiger partial charge on any atom is -0.377 e. The van der Waals surface area contributed by atoms with Gasteiger partial charge >= 0.3 is 0 Å². The number of hydrogen-bond acceptors (Lipinski definition) is 1. The van der Waals surface area contributed by atoms with Gasteiger partial charge in [-0.15, -0.1) is 0 Å². The lowest BCUT2D eigenvalue weighted by Crippen LogP contribution is -3.12. The average molecular weight is 334 g/mol. The molecular formula is C21H26N4+2. The second-order valence-electron chi connectivity index (χ2n) is 6.60. The van der Waals surface area contributed by atoms with Gasteiger partial charge in [-0.2, -0.15) is 0 Å². The predicted molar refractivity (Wildman–Crippen MR) is 105 cm³/mol. The van der Waals surface area contributed by atoms with Crippen LogP contribution in [0.4, 0.5) is 5.69 Å². The Kier molecular flexibility index (Phi) is 4.28. The summed E-state index contributed by atoms with van der Waals surface area (Å²) >= 11 is 0. The number of hydrogen-bond donors (Lipinski definition) is 3. The highest BCUT2D eigenvalue weighted by Crippen LogP contribution is 2.32. The standard InChI is InChI=1S/C21H24N4/c1-3-25(4-2)14-13-22-19-15-9-5-7-11-17(15)23-20-16-10-6-8-12-18(16)24-21(19)20/h5-12,24H,3-4,13-14H2,1-2H3,(H,22,23)/p+2. The highest BCUT2D eigenvalue weighted by atomic mass is 15.1. The van der Waals surface area contributed by atoms with Crippen molar-refractivity contribution in [3.63, 3.8) is 0 Å². The number of likely N-dealkylation sites (N-methyl/N-ethyl adjacent to an activating group) is 1. The third-order valence-corrected chi connectivity index (χ3v) is 5.19. The van der Waals surface area contributed by atoms with Crippen molar-refractivity contribution in [1.29, 1.82) is 0 Å². The SMILES string of the molecule is CC[NH+](CC)CCNc1c2ccccc2[nH+]c2c1[nH]c1ccccc12. The Labute approximate surface area is 147 Å². The molecule has 0 aliphatic carbocycles. The van der Waals surface area contributed by atoms with E-state index in [0.717, 1.165) is 24.1 Å². The van der Waals surface area contributed by atoms with Crippen LogP contribution in [-0.4, -0.2) is 31.2 Å². The largest absolute Gasteiger partial charge is 0.377 e. The second kappa shape index (κ2) is 6.73. The Morgan fingerprint density at radius 1 is 0.960 bits per heavy atom. The van der Waals surface area contributed by atoms with Crippen molar-refractivity contribution < 1.29 is 9.88 Å². The number of anilines is 1. The van der Waals surface area contributed by atoms with Crippen LogP contribution in [0.25, 0.3) is 32.8 Å². The number of fused-ring (bicyclic) bond motifs is 4. The third-order valence-electron chi connectivity index (χ3n) is 5.19. The predicted octanol–water partition coefficient (Wildman–Crippen LogP) is 2.62. The number of quaternary nitrogens is 1. The number of pyridine rings is 1. The zero-order chi connectivity index (χ0) is 17.2. The molecule has 2 aromatic heterocycles. The summed E-state index contributed by atoms with van der Waals surface area (Å²) in [6, 6.07) is 17.0. The molecule has 0 saturated heterocycles. The maximum Gasteiger partial charge on any atom is 0.239 e. The zero-order valence-corrected chi connectivity index (χ0v) is 14.9. The highest BCUT2D eigenvalue weighted by molar-refractivity contribution is 6.12. The first-order valence-electron chi connectivity index (χ1n) is 9.23. The normalized spacial score (nSPS) is 11.8. The van der Waals surface area contributed by atoms with Crippen molar-refractivity contribution in [2.45, 2.75) is 13.8 Å². The first-order chi connectivity index (χ1) is 12.3. The van der Waals surface area contributed by atoms with Crippen LogP contribution in [0.2, 0.25) is 0 Å². The quantitative estimate of drug-likeness (QED) is 0.499. The third kappa shape index (κ3) is 2.83. The molecule has 4 aromatic rings. The summed E-state index contributed by atoms with van der Waals surface area (Å²) in [5.41, 5.74) is 5.87. The van der Waals surface area contributed by atoms with E-state index in [-0.39, 0.29) is 0 Å². The Bertz CT molecular complexity index is 1010. The molecule has 2 aromatic carbocycles. The molecule has 128 valence electrons. The van der Waals surface area contributed by atoms with Gasteiger partial charge in [-0.25, -0.2) is 4.98 Å². The van der Waals surface area contributed by atoms with Crippen molar-refractivity contribution >= 4 is 38.5 Å². The monoisotopic (exact) mass is 334 g/mol. The van der Waals surface area contributed by atoms with Gasteiger partial charge in [-0.1, -0.05) is 24.3 Å². The molecule has 0 saturated carbocycles. The van der Waals surface area contributed by atoms with Crippen LogP contribution in [0.5, 0.6) is 0 Å². The Hall–Kier alpha value is -2.59. The van der Waals surface area contributed by atoms with Crippen LogP contribution in [0.3, 0.4) is 0 Å². The molecular weight excluding hydrogens is 308 g/mol. The second-order valence-corrected chi connectivity index (χ2v) is 6.60. The number of para-hydroxylation sites is 2. The van der Waals surface area contributed by atoms with E-state index >= 15 is 0 Å². The van der Waals surface area contributed by atoms with E-state index in [1.165, 1.54) is 40.6 Å². The van der Waals surface area contributed by atoms with E-state index in [1.54, 1.807) is 4.90 Å². The van der Waals surface area contributed by atoms with Crippen molar-refractivity contribution in [2.75, 3.05) is 31.5 Å². The van der Waals surface area contributed by atoms with Gasteiger partial charge in [-0.3, -0.25) is 0 Å². The molecule has 0 amide bonds. The van der Waals surface area contributed by atoms with E-state index in [4.69, 9.17) is 0 Å². The van der Waals surface area contributed by atoms with Crippen LogP contribution < -0.4 is 15.2 Å². The van der Waals surface area contributed by atoms with Crippen LogP contribution in [0.1, 0.15) is 13.8 Å². The van der Waals surface area contributed by atoms with Crippen molar-refractivity contribution in [1.82, 2.24) is 4.98 Å². The maximum atomic E-state index is 3.72. The van der Waals surface area contributed by atoms with E-state index in [9.17, 15) is 0 Å². The van der Waals surface area contributed by atoms with Gasteiger partial charge in [0.25, 0.3) is 0 Å². The van der Waals surface area contributed by atoms with E-state index in [2.05, 4.69) is 77.7 Å². The van der Waals surface area contributed by atoms with Crippen LogP contribution in [0.15, 0.2) is 48.5 Å². The fourth-order valence-electron chi connectivity index (χ4n) is 3.69. The molecule has 4 nitrogen and oxygen atoms in total. The highest BCUT2D eigenvalue weighted by Gasteiger charge is 2.18. The fraction of sp³-hybridized carbons (Fsp3) is 0.286. The number of H-pyrrole nitrogens is 2. The Balaban J connectivity index is 1.83. The van der Waals surface area contributed by atoms with Gasteiger partial charge in [0.05, 0.1) is 48.2 Å². The summed E-state index contributed by atoms with van der Waals surface area (Å²) in [6.07, 6.45) is 0. The number of aromatic amines is 2. The molecule has 0 atom stereocenters. The molecule has 0 fully saturated rings. The van der Waals surface area contributed by atoms with Crippen molar-refractivity contribution in [3.8, 4) is 0 Å². The Morgan fingerprint density at radius 3 is 2.48 bits per heavy atom. The first kappa shape index (κ1) is 15.9.